The molecule has 2 N–H and O–H groups in total. The molecule has 1 saturated heterocycles. The molecule has 0 aromatic heterocycles. The van der Waals surface area contributed by atoms with Crippen molar-refractivity contribution in [1.29, 1.82) is 0 Å². The Labute approximate surface area is 151 Å². The number of sulfonamides is 1. The molecule has 0 bridgehead atoms. The molecule has 0 aliphatic carbocycles. The van der Waals surface area contributed by atoms with E-state index in [1.807, 2.05) is 0 Å². The predicted molar refractivity (Wildman–Crippen MR) is 95.0 cm³/mol. The second-order valence-electron chi connectivity index (χ2n) is 5.36. The molecule has 9 heteroatoms. The summed E-state index contributed by atoms with van der Waals surface area (Å²) < 4.78 is 38.5. The van der Waals surface area contributed by atoms with Crippen molar-refractivity contribution in [3.8, 4) is 5.75 Å². The highest BCUT2D eigenvalue weighted by atomic mass is 79.9. The maximum absolute atomic E-state index is 12.5. The van der Waals surface area contributed by atoms with Crippen molar-refractivity contribution >= 4 is 38.4 Å². The smallest absolute Gasteiger partial charge is 0.241 e. The van der Waals surface area contributed by atoms with E-state index in [2.05, 4.69) is 26.0 Å². The number of nitrogens with one attached hydrogen (secondary N) is 2. The van der Waals surface area contributed by atoms with Gasteiger partial charge in [0.2, 0.25) is 10.0 Å². The Morgan fingerprint density at radius 3 is 2.65 bits per heavy atom. The van der Waals surface area contributed by atoms with Crippen molar-refractivity contribution in [2.24, 2.45) is 0 Å². The van der Waals surface area contributed by atoms with E-state index >= 15 is 0 Å². The first-order valence-electron chi connectivity index (χ1n) is 7.00. The molecule has 1 heterocycles. The fraction of sp³-hybridized carbons (Fsp3) is 0.571. The number of methoxy groups -OCH3 is 2. The summed E-state index contributed by atoms with van der Waals surface area (Å²) in [5.74, 6) is 0.596. The van der Waals surface area contributed by atoms with E-state index in [0.29, 0.717) is 23.4 Å². The van der Waals surface area contributed by atoms with Crippen LogP contribution in [-0.4, -0.2) is 47.9 Å². The molecule has 1 aliphatic heterocycles. The number of rotatable bonds is 7. The maximum Gasteiger partial charge on any atom is 0.241 e. The zero-order chi connectivity index (χ0) is 16.2. The largest absolute Gasteiger partial charge is 0.497 e. The normalized spacial score (nSPS) is 21.0. The van der Waals surface area contributed by atoms with Gasteiger partial charge >= 0.3 is 0 Å². The molecule has 0 saturated carbocycles. The van der Waals surface area contributed by atoms with Crippen LogP contribution >= 0.6 is 28.3 Å². The van der Waals surface area contributed by atoms with Crippen LogP contribution in [0.1, 0.15) is 12.8 Å². The second kappa shape index (κ2) is 8.64. The molecule has 0 spiro atoms. The van der Waals surface area contributed by atoms with Gasteiger partial charge in [-0.15, -0.1) is 12.4 Å². The van der Waals surface area contributed by atoms with Crippen molar-refractivity contribution in [2.45, 2.75) is 23.3 Å². The molecule has 1 aromatic rings. The lowest BCUT2D eigenvalue weighted by Gasteiger charge is -2.29. The van der Waals surface area contributed by atoms with Gasteiger partial charge in [-0.05, 0) is 53.5 Å². The van der Waals surface area contributed by atoms with E-state index in [9.17, 15) is 8.42 Å². The zero-order valence-corrected chi connectivity index (χ0v) is 16.3. The minimum atomic E-state index is -3.61. The van der Waals surface area contributed by atoms with E-state index in [-0.39, 0.29) is 22.8 Å². The van der Waals surface area contributed by atoms with Crippen LogP contribution in [-0.2, 0) is 14.8 Å². The van der Waals surface area contributed by atoms with Crippen molar-refractivity contribution in [2.75, 3.05) is 33.9 Å². The Morgan fingerprint density at radius 2 is 2.13 bits per heavy atom. The SMILES string of the molecule is COCC1(CNS(=O)(=O)c2ccc(OC)cc2Br)CCCN1.Cl. The number of ether oxygens (including phenoxy) is 2. The number of benzene rings is 1. The van der Waals surface area contributed by atoms with Crippen molar-refractivity contribution in [3.63, 3.8) is 0 Å². The Hall–Kier alpha value is -0.380. The molecule has 0 radical (unpaired) electrons. The summed E-state index contributed by atoms with van der Waals surface area (Å²) in [6.07, 6.45) is 1.89. The molecule has 1 unspecified atom stereocenters. The Balaban J connectivity index is 0.00000264. The molecule has 1 aromatic carbocycles. The lowest BCUT2D eigenvalue weighted by molar-refractivity contribution is 0.122. The lowest BCUT2D eigenvalue weighted by atomic mass is 9.99. The number of hydrogen-bond donors (Lipinski definition) is 2. The average Bonchev–Trinajstić information content (AvgIpc) is 2.94. The third kappa shape index (κ3) is 5.04. The van der Waals surface area contributed by atoms with Gasteiger partial charge in [0.05, 0.1) is 24.2 Å². The van der Waals surface area contributed by atoms with E-state index in [1.54, 1.807) is 19.2 Å². The van der Waals surface area contributed by atoms with Crippen LogP contribution in [0.2, 0.25) is 0 Å². The first-order chi connectivity index (χ1) is 10.4. The predicted octanol–water partition coefficient (Wildman–Crippen LogP) is 1.93. The minimum absolute atomic E-state index is 0. The summed E-state index contributed by atoms with van der Waals surface area (Å²) in [5.41, 5.74) is -0.333. The van der Waals surface area contributed by atoms with E-state index in [1.165, 1.54) is 13.2 Å². The summed E-state index contributed by atoms with van der Waals surface area (Å²) in [4.78, 5) is 0.193. The van der Waals surface area contributed by atoms with Gasteiger partial charge in [-0.25, -0.2) is 13.1 Å². The number of halogens is 2. The first-order valence-corrected chi connectivity index (χ1v) is 9.27. The molecule has 0 amide bonds. The molecule has 2 rings (SSSR count). The van der Waals surface area contributed by atoms with Crippen LogP contribution in [0.25, 0.3) is 0 Å². The van der Waals surface area contributed by atoms with Gasteiger partial charge in [-0.2, -0.15) is 0 Å². The minimum Gasteiger partial charge on any atom is -0.497 e. The summed E-state index contributed by atoms with van der Waals surface area (Å²) in [6.45, 7) is 1.64. The Morgan fingerprint density at radius 1 is 1.39 bits per heavy atom. The van der Waals surface area contributed by atoms with Crippen LogP contribution < -0.4 is 14.8 Å². The third-order valence-electron chi connectivity index (χ3n) is 3.78. The average molecular weight is 430 g/mol. The highest BCUT2D eigenvalue weighted by Gasteiger charge is 2.35. The summed E-state index contributed by atoms with van der Waals surface area (Å²) >= 11 is 3.28. The standard InChI is InChI=1S/C14H21BrN2O4S.ClH/c1-20-10-14(6-3-7-16-14)9-17-22(18,19)13-5-4-11(21-2)8-12(13)15;/h4-5,8,16-17H,3,6-7,9-10H2,1-2H3;1H. The monoisotopic (exact) mass is 428 g/mol. The molecule has 1 aliphatic rings. The van der Waals surface area contributed by atoms with Crippen LogP contribution in [0.15, 0.2) is 27.6 Å². The highest BCUT2D eigenvalue weighted by molar-refractivity contribution is 9.10. The summed E-state index contributed by atoms with van der Waals surface area (Å²) in [7, 11) is -0.450. The molecular weight excluding hydrogens is 408 g/mol. The third-order valence-corrected chi connectivity index (χ3v) is 6.16. The molecular formula is C14H22BrClN2O4S. The lowest BCUT2D eigenvalue weighted by Crippen LogP contribution is -2.52. The van der Waals surface area contributed by atoms with Crippen LogP contribution in [0.3, 0.4) is 0 Å². The van der Waals surface area contributed by atoms with Gasteiger partial charge in [-0.1, -0.05) is 0 Å². The van der Waals surface area contributed by atoms with Gasteiger partial charge in [0, 0.05) is 18.1 Å². The quantitative estimate of drug-likeness (QED) is 0.692. The van der Waals surface area contributed by atoms with E-state index < -0.39 is 10.0 Å². The van der Waals surface area contributed by atoms with E-state index in [4.69, 9.17) is 9.47 Å². The Bertz CT molecular complexity index is 621. The van der Waals surface area contributed by atoms with Crippen LogP contribution in [0, 0.1) is 0 Å². The molecule has 6 nitrogen and oxygen atoms in total. The summed E-state index contributed by atoms with van der Waals surface area (Å²) in [5, 5.41) is 3.34. The first kappa shape index (κ1) is 20.7. The number of hydrogen-bond acceptors (Lipinski definition) is 5. The fourth-order valence-corrected chi connectivity index (χ4v) is 4.79. The highest BCUT2D eigenvalue weighted by Crippen LogP contribution is 2.27. The van der Waals surface area contributed by atoms with Crippen molar-refractivity contribution < 1.29 is 17.9 Å². The Kier molecular flexibility index (Phi) is 7.76. The molecule has 1 fully saturated rings. The van der Waals surface area contributed by atoms with Gasteiger partial charge < -0.3 is 14.8 Å². The van der Waals surface area contributed by atoms with Gasteiger partial charge in [-0.3, -0.25) is 0 Å². The van der Waals surface area contributed by atoms with Crippen LogP contribution in [0.5, 0.6) is 5.75 Å². The van der Waals surface area contributed by atoms with Gasteiger partial charge in [0.15, 0.2) is 0 Å². The summed E-state index contributed by atoms with van der Waals surface area (Å²) in [6, 6.07) is 4.78. The topological polar surface area (TPSA) is 76.7 Å². The molecule has 23 heavy (non-hydrogen) atoms. The second-order valence-corrected chi connectivity index (χ2v) is 7.95. The molecule has 132 valence electrons. The van der Waals surface area contributed by atoms with Gasteiger partial charge in [0.25, 0.3) is 0 Å². The zero-order valence-electron chi connectivity index (χ0n) is 13.1. The maximum atomic E-state index is 12.5. The van der Waals surface area contributed by atoms with E-state index in [0.717, 1.165) is 19.4 Å². The van der Waals surface area contributed by atoms with Gasteiger partial charge in [0.1, 0.15) is 5.75 Å². The molecule has 1 atom stereocenters. The van der Waals surface area contributed by atoms with Crippen molar-refractivity contribution in [3.05, 3.63) is 22.7 Å². The van der Waals surface area contributed by atoms with Crippen LogP contribution in [0.4, 0.5) is 0 Å². The fourth-order valence-electron chi connectivity index (χ4n) is 2.61. The van der Waals surface area contributed by atoms with Crippen molar-refractivity contribution in [1.82, 2.24) is 10.0 Å².